The summed E-state index contributed by atoms with van der Waals surface area (Å²) in [5.74, 6) is 0. The van der Waals surface area contributed by atoms with Crippen molar-refractivity contribution < 1.29 is 0 Å². The van der Waals surface area contributed by atoms with Gasteiger partial charge in [0.2, 0.25) is 0 Å². The molecule has 12 rings (SSSR count). The Morgan fingerprint density at radius 2 is 0.712 bits per heavy atom. The maximum atomic E-state index is 2.54. The number of hydrogen-bond acceptors (Lipinski definition) is 1. The minimum Gasteiger partial charge on any atom is -0.309 e. The normalized spacial score (nSPS) is 12.4. The molecule has 0 atom stereocenters. The van der Waals surface area contributed by atoms with Crippen molar-refractivity contribution in [3.8, 4) is 55.6 Å². The van der Waals surface area contributed by atoms with Crippen LogP contribution in [0.2, 0.25) is 0 Å². The summed E-state index contributed by atoms with van der Waals surface area (Å²) in [6.07, 6.45) is 0. The second-order valence-electron chi connectivity index (χ2n) is 17.2. The van der Waals surface area contributed by atoms with Crippen LogP contribution in [0.5, 0.6) is 0 Å². The van der Waals surface area contributed by atoms with Crippen molar-refractivity contribution >= 4 is 27.8 Å². The van der Waals surface area contributed by atoms with E-state index < -0.39 is 5.41 Å². The van der Waals surface area contributed by atoms with E-state index in [1.165, 1.54) is 66.4 Å². The summed E-state index contributed by atoms with van der Waals surface area (Å²) in [5, 5.41) is 2.48. The minimum absolute atomic E-state index is 0.552. The molecule has 66 heavy (non-hydrogen) atoms. The standard InChI is InChI=1S/C65H45N/c1-5-22-46(23-6-1)51-43-52(47-24-7-2-8-25-47)45-55(44-51)66(62-40-18-16-35-58(62)50-29-19-28-49(42-50)57-37-20-27-48-26-13-14-34-56(48)57)63-41-21-39-61-64(63)59-36-15-17-38-60(59)65(61,53-30-9-3-10-31-53)54-32-11-4-12-33-54/h1-45H. The number of anilines is 3. The zero-order valence-corrected chi connectivity index (χ0v) is 36.4. The lowest BCUT2D eigenvalue weighted by Gasteiger charge is -2.35. The highest BCUT2D eigenvalue weighted by Gasteiger charge is 2.47. The highest BCUT2D eigenvalue weighted by Crippen LogP contribution is 2.60. The van der Waals surface area contributed by atoms with Crippen molar-refractivity contribution in [3.63, 3.8) is 0 Å². The van der Waals surface area contributed by atoms with Crippen molar-refractivity contribution in [1.82, 2.24) is 0 Å². The number of hydrogen-bond donors (Lipinski definition) is 0. The van der Waals surface area contributed by atoms with E-state index >= 15 is 0 Å². The van der Waals surface area contributed by atoms with Crippen molar-refractivity contribution in [2.75, 3.05) is 4.90 Å². The Bertz CT molecular complexity index is 3420. The quantitative estimate of drug-likeness (QED) is 0.140. The molecule has 1 nitrogen and oxygen atoms in total. The fourth-order valence-corrected chi connectivity index (χ4v) is 10.6. The zero-order valence-electron chi connectivity index (χ0n) is 36.4. The predicted octanol–water partition coefficient (Wildman–Crippen LogP) is 17.3. The molecule has 0 N–H and O–H groups in total. The van der Waals surface area contributed by atoms with Crippen molar-refractivity contribution in [1.29, 1.82) is 0 Å². The molecule has 0 fully saturated rings. The lowest BCUT2D eigenvalue weighted by molar-refractivity contribution is 0.768. The Kier molecular flexibility index (Phi) is 9.81. The predicted molar refractivity (Wildman–Crippen MR) is 278 cm³/mol. The average Bonchev–Trinajstić information content (AvgIpc) is 3.71. The molecule has 1 heteroatoms. The third-order valence-corrected chi connectivity index (χ3v) is 13.5. The third kappa shape index (κ3) is 6.56. The maximum absolute atomic E-state index is 2.54. The highest BCUT2D eigenvalue weighted by molar-refractivity contribution is 6.02. The third-order valence-electron chi connectivity index (χ3n) is 13.5. The molecular formula is C65H45N. The summed E-state index contributed by atoms with van der Waals surface area (Å²) in [6.45, 7) is 0. The minimum atomic E-state index is -0.552. The van der Waals surface area contributed by atoms with Gasteiger partial charge in [0, 0.05) is 16.8 Å². The summed E-state index contributed by atoms with van der Waals surface area (Å²) >= 11 is 0. The molecule has 310 valence electrons. The first-order chi connectivity index (χ1) is 32.8. The Labute approximate surface area is 387 Å². The molecule has 0 spiro atoms. The molecule has 11 aromatic rings. The van der Waals surface area contributed by atoms with E-state index in [1.807, 2.05) is 0 Å². The largest absolute Gasteiger partial charge is 0.309 e. The summed E-state index contributed by atoms with van der Waals surface area (Å²) in [6, 6.07) is 100. The Balaban J connectivity index is 1.16. The van der Waals surface area contributed by atoms with E-state index in [0.29, 0.717) is 0 Å². The van der Waals surface area contributed by atoms with Gasteiger partial charge in [-0.1, -0.05) is 237 Å². The van der Waals surface area contributed by atoms with Gasteiger partial charge in [-0.05, 0) is 114 Å². The molecule has 0 unspecified atom stereocenters. The van der Waals surface area contributed by atoms with Gasteiger partial charge >= 0.3 is 0 Å². The van der Waals surface area contributed by atoms with E-state index in [9.17, 15) is 0 Å². The smallest absolute Gasteiger partial charge is 0.0714 e. The number of fused-ring (bicyclic) bond motifs is 4. The molecule has 11 aromatic carbocycles. The average molecular weight is 840 g/mol. The van der Waals surface area contributed by atoms with Crippen LogP contribution in [0.25, 0.3) is 66.4 Å². The first kappa shape index (κ1) is 39.1. The summed E-state index contributed by atoms with van der Waals surface area (Å²) in [5.41, 5.74) is 19.6. The Morgan fingerprint density at radius 1 is 0.273 bits per heavy atom. The van der Waals surface area contributed by atoms with Gasteiger partial charge < -0.3 is 4.90 Å². The first-order valence-electron chi connectivity index (χ1n) is 22.8. The van der Waals surface area contributed by atoms with Crippen LogP contribution >= 0.6 is 0 Å². The van der Waals surface area contributed by atoms with Gasteiger partial charge in [0.25, 0.3) is 0 Å². The molecule has 0 heterocycles. The maximum Gasteiger partial charge on any atom is 0.0714 e. The number of nitrogens with zero attached hydrogens (tertiary/aromatic N) is 1. The first-order valence-corrected chi connectivity index (χ1v) is 22.8. The molecule has 0 amide bonds. The fourth-order valence-electron chi connectivity index (χ4n) is 10.6. The number of para-hydroxylation sites is 1. The molecule has 1 aliphatic carbocycles. The van der Waals surface area contributed by atoms with Crippen LogP contribution in [0.1, 0.15) is 22.3 Å². The molecule has 0 bridgehead atoms. The van der Waals surface area contributed by atoms with E-state index in [1.54, 1.807) is 0 Å². The monoisotopic (exact) mass is 839 g/mol. The summed E-state index contributed by atoms with van der Waals surface area (Å²) in [7, 11) is 0. The van der Waals surface area contributed by atoms with E-state index in [0.717, 1.165) is 39.3 Å². The van der Waals surface area contributed by atoms with Gasteiger partial charge in [-0.15, -0.1) is 0 Å². The van der Waals surface area contributed by atoms with Gasteiger partial charge in [0.15, 0.2) is 0 Å². The van der Waals surface area contributed by atoms with Gasteiger partial charge in [-0.25, -0.2) is 0 Å². The van der Waals surface area contributed by atoms with Gasteiger partial charge in [-0.2, -0.15) is 0 Å². The van der Waals surface area contributed by atoms with Crippen molar-refractivity contribution in [2.45, 2.75) is 5.41 Å². The van der Waals surface area contributed by atoms with Crippen LogP contribution in [0.4, 0.5) is 17.1 Å². The zero-order chi connectivity index (χ0) is 43.9. The van der Waals surface area contributed by atoms with Crippen LogP contribution in [0.15, 0.2) is 273 Å². The number of benzene rings is 11. The van der Waals surface area contributed by atoms with Crippen molar-refractivity contribution in [3.05, 3.63) is 295 Å². The van der Waals surface area contributed by atoms with Gasteiger partial charge in [-0.3, -0.25) is 0 Å². The van der Waals surface area contributed by atoms with Crippen LogP contribution in [-0.2, 0) is 5.41 Å². The van der Waals surface area contributed by atoms with E-state index in [2.05, 4.69) is 278 Å². The summed E-state index contributed by atoms with van der Waals surface area (Å²) in [4.78, 5) is 2.54. The second-order valence-corrected chi connectivity index (χ2v) is 17.2. The molecule has 0 aliphatic heterocycles. The van der Waals surface area contributed by atoms with Crippen LogP contribution in [0, 0.1) is 0 Å². The van der Waals surface area contributed by atoms with Gasteiger partial charge in [0.1, 0.15) is 0 Å². The van der Waals surface area contributed by atoms with E-state index in [4.69, 9.17) is 0 Å². The van der Waals surface area contributed by atoms with E-state index in [-0.39, 0.29) is 0 Å². The SMILES string of the molecule is c1ccc(-c2cc(-c3ccccc3)cc(N(c3ccccc3-c3cccc(-c4cccc5ccccc45)c3)c3cccc4c3-c3ccccc3C4(c3ccccc3)c3ccccc3)c2)cc1. The van der Waals surface area contributed by atoms with Gasteiger partial charge in [0.05, 0.1) is 16.8 Å². The molecular weight excluding hydrogens is 795 g/mol. The fraction of sp³-hybridized carbons (Fsp3) is 0.0154. The lowest BCUT2D eigenvalue weighted by Crippen LogP contribution is -2.28. The molecule has 0 radical (unpaired) electrons. The highest BCUT2D eigenvalue weighted by atomic mass is 15.1. The second kappa shape index (κ2) is 16.6. The molecule has 0 saturated carbocycles. The van der Waals surface area contributed by atoms with Crippen LogP contribution in [0.3, 0.4) is 0 Å². The number of rotatable bonds is 9. The summed E-state index contributed by atoms with van der Waals surface area (Å²) < 4.78 is 0. The van der Waals surface area contributed by atoms with Crippen LogP contribution in [-0.4, -0.2) is 0 Å². The van der Waals surface area contributed by atoms with Crippen LogP contribution < -0.4 is 4.90 Å². The lowest BCUT2D eigenvalue weighted by atomic mass is 9.68. The van der Waals surface area contributed by atoms with Crippen molar-refractivity contribution in [2.24, 2.45) is 0 Å². The topological polar surface area (TPSA) is 3.24 Å². The Hall–Kier alpha value is -8.52. The molecule has 0 aromatic heterocycles. The molecule has 0 saturated heterocycles. The molecule has 1 aliphatic rings. The Morgan fingerprint density at radius 3 is 1.39 bits per heavy atom.